The highest BCUT2D eigenvalue weighted by Gasteiger charge is 2.30. The first-order valence-electron chi connectivity index (χ1n) is 6.48. The second-order valence-corrected chi connectivity index (χ2v) is 4.58. The Kier molecular flexibility index (Phi) is 3.51. The van der Waals surface area contributed by atoms with Gasteiger partial charge in [0.2, 0.25) is 5.69 Å². The molecule has 1 aliphatic heterocycles. The molecule has 2 aromatic heterocycles. The van der Waals surface area contributed by atoms with E-state index < -0.39 is 0 Å². The highest BCUT2D eigenvalue weighted by Crippen LogP contribution is 2.20. The summed E-state index contributed by atoms with van der Waals surface area (Å²) in [5.74, 6) is 0.357. The number of hydrogen-bond acceptors (Lipinski definition) is 6. The fourth-order valence-corrected chi connectivity index (χ4v) is 2.21. The Morgan fingerprint density at radius 2 is 2.33 bits per heavy atom. The number of carbonyl (C=O) groups is 1. The number of hydrogen-bond donors (Lipinski definition) is 0. The molecule has 1 aliphatic rings. The van der Waals surface area contributed by atoms with E-state index in [-0.39, 0.29) is 23.6 Å². The number of amides is 1. The van der Waals surface area contributed by atoms with Gasteiger partial charge < -0.3 is 14.1 Å². The zero-order valence-corrected chi connectivity index (χ0v) is 11.1. The van der Waals surface area contributed by atoms with Crippen LogP contribution in [0.4, 0.5) is 0 Å². The van der Waals surface area contributed by atoms with Crippen LogP contribution in [0.15, 0.2) is 35.2 Å². The fourth-order valence-electron chi connectivity index (χ4n) is 2.21. The van der Waals surface area contributed by atoms with Crippen LogP contribution < -0.4 is 4.74 Å². The molecule has 7 heteroatoms. The molecular weight excluding hydrogens is 272 g/mol. The standard InChI is InChI=1S/C14H12N4O3/c15-8-11-13(17-5-4-16-11)21-10-3-6-18(9-10)14(19)12-2-1-7-20-12/h1-2,4-5,7,10H,3,6,9H2. The van der Waals surface area contributed by atoms with Crippen molar-refractivity contribution < 1.29 is 13.9 Å². The highest BCUT2D eigenvalue weighted by atomic mass is 16.5. The van der Waals surface area contributed by atoms with E-state index >= 15 is 0 Å². The average molecular weight is 284 g/mol. The van der Waals surface area contributed by atoms with Gasteiger partial charge in [-0.3, -0.25) is 4.79 Å². The van der Waals surface area contributed by atoms with Crippen molar-refractivity contribution in [3.8, 4) is 11.9 Å². The molecule has 7 nitrogen and oxygen atoms in total. The average Bonchev–Trinajstić information content (AvgIpc) is 3.19. The largest absolute Gasteiger partial charge is 0.470 e. The number of ether oxygens (including phenoxy) is 1. The number of carbonyl (C=O) groups excluding carboxylic acids is 1. The molecule has 3 rings (SSSR count). The number of nitriles is 1. The molecule has 1 unspecified atom stereocenters. The van der Waals surface area contributed by atoms with Gasteiger partial charge in [-0.25, -0.2) is 9.97 Å². The van der Waals surface area contributed by atoms with Crippen LogP contribution >= 0.6 is 0 Å². The van der Waals surface area contributed by atoms with Gasteiger partial charge >= 0.3 is 0 Å². The summed E-state index contributed by atoms with van der Waals surface area (Å²) < 4.78 is 10.8. The third-order valence-corrected chi connectivity index (χ3v) is 3.21. The van der Waals surface area contributed by atoms with Gasteiger partial charge in [-0.15, -0.1) is 0 Å². The lowest BCUT2D eigenvalue weighted by molar-refractivity contribution is 0.0739. The summed E-state index contributed by atoms with van der Waals surface area (Å²) in [5, 5.41) is 8.95. The van der Waals surface area contributed by atoms with Crippen molar-refractivity contribution in [3.05, 3.63) is 42.2 Å². The van der Waals surface area contributed by atoms with Crippen molar-refractivity contribution in [2.75, 3.05) is 13.1 Å². The molecule has 3 heterocycles. The second kappa shape index (κ2) is 5.63. The molecule has 1 fully saturated rings. The van der Waals surface area contributed by atoms with E-state index in [0.717, 1.165) is 0 Å². The lowest BCUT2D eigenvalue weighted by atomic mass is 10.3. The van der Waals surface area contributed by atoms with Gasteiger partial charge in [-0.05, 0) is 12.1 Å². The van der Waals surface area contributed by atoms with Crippen LogP contribution in [-0.2, 0) is 0 Å². The van der Waals surface area contributed by atoms with Crippen molar-refractivity contribution in [3.63, 3.8) is 0 Å². The van der Waals surface area contributed by atoms with E-state index in [1.807, 2.05) is 6.07 Å². The van der Waals surface area contributed by atoms with Crippen molar-refractivity contribution in [2.24, 2.45) is 0 Å². The van der Waals surface area contributed by atoms with Crippen LogP contribution in [0, 0.1) is 11.3 Å². The van der Waals surface area contributed by atoms with Gasteiger partial charge in [0, 0.05) is 25.4 Å². The van der Waals surface area contributed by atoms with Gasteiger partial charge in [-0.2, -0.15) is 5.26 Å². The lowest BCUT2D eigenvalue weighted by Crippen LogP contribution is -2.30. The maximum Gasteiger partial charge on any atom is 0.289 e. The Morgan fingerprint density at radius 3 is 3.10 bits per heavy atom. The summed E-state index contributed by atoms with van der Waals surface area (Å²) in [4.78, 5) is 21.7. The van der Waals surface area contributed by atoms with Crippen LogP contribution in [-0.4, -0.2) is 40.0 Å². The highest BCUT2D eigenvalue weighted by molar-refractivity contribution is 5.91. The molecule has 0 spiro atoms. The van der Waals surface area contributed by atoms with Gasteiger partial charge in [0.15, 0.2) is 5.76 Å². The topological polar surface area (TPSA) is 92.2 Å². The molecular formula is C14H12N4O3. The molecule has 106 valence electrons. The van der Waals surface area contributed by atoms with Gasteiger partial charge in [-0.1, -0.05) is 0 Å². The summed E-state index contributed by atoms with van der Waals surface area (Å²) in [5.41, 5.74) is 0.147. The summed E-state index contributed by atoms with van der Waals surface area (Å²) >= 11 is 0. The Bertz CT molecular complexity index is 678. The molecule has 0 N–H and O–H groups in total. The molecule has 1 amide bonds. The summed E-state index contributed by atoms with van der Waals surface area (Å²) in [6, 6.07) is 5.24. The van der Waals surface area contributed by atoms with E-state index in [1.165, 1.54) is 18.7 Å². The van der Waals surface area contributed by atoms with Crippen LogP contribution in [0.2, 0.25) is 0 Å². The number of rotatable bonds is 3. The molecule has 1 atom stereocenters. The monoisotopic (exact) mass is 284 g/mol. The van der Waals surface area contributed by atoms with E-state index in [1.54, 1.807) is 17.0 Å². The third-order valence-electron chi connectivity index (χ3n) is 3.21. The molecule has 21 heavy (non-hydrogen) atoms. The van der Waals surface area contributed by atoms with Gasteiger partial charge in [0.1, 0.15) is 12.2 Å². The Balaban J connectivity index is 1.65. The summed E-state index contributed by atoms with van der Waals surface area (Å²) in [7, 11) is 0. The molecule has 0 aromatic carbocycles. The van der Waals surface area contributed by atoms with Gasteiger partial charge in [0.05, 0.1) is 12.8 Å². The Morgan fingerprint density at radius 1 is 1.48 bits per heavy atom. The van der Waals surface area contributed by atoms with Crippen LogP contribution in [0.25, 0.3) is 0 Å². The lowest BCUT2D eigenvalue weighted by Gasteiger charge is -2.15. The first-order chi connectivity index (χ1) is 10.3. The summed E-state index contributed by atoms with van der Waals surface area (Å²) in [6.07, 6.45) is 4.85. The zero-order valence-electron chi connectivity index (χ0n) is 11.1. The summed E-state index contributed by atoms with van der Waals surface area (Å²) in [6.45, 7) is 1.01. The van der Waals surface area contributed by atoms with Crippen LogP contribution in [0.1, 0.15) is 22.7 Å². The van der Waals surface area contributed by atoms with Crippen molar-refractivity contribution in [2.45, 2.75) is 12.5 Å². The number of aromatic nitrogens is 2. The quantitative estimate of drug-likeness (QED) is 0.841. The molecule has 1 saturated heterocycles. The molecule has 0 radical (unpaired) electrons. The molecule has 2 aromatic rings. The van der Waals surface area contributed by atoms with E-state index in [9.17, 15) is 4.79 Å². The predicted molar refractivity (Wildman–Crippen MR) is 70.4 cm³/mol. The van der Waals surface area contributed by atoms with E-state index in [2.05, 4.69) is 9.97 Å². The maximum atomic E-state index is 12.1. The minimum atomic E-state index is -0.201. The maximum absolute atomic E-state index is 12.1. The van der Waals surface area contributed by atoms with E-state index in [4.69, 9.17) is 14.4 Å². The van der Waals surface area contributed by atoms with Crippen molar-refractivity contribution in [1.29, 1.82) is 5.26 Å². The SMILES string of the molecule is N#Cc1nccnc1OC1CCN(C(=O)c2ccco2)C1. The smallest absolute Gasteiger partial charge is 0.289 e. The second-order valence-electron chi connectivity index (χ2n) is 4.58. The first-order valence-corrected chi connectivity index (χ1v) is 6.48. The predicted octanol–water partition coefficient (Wildman–Crippen LogP) is 1.23. The Hall–Kier alpha value is -2.88. The molecule has 0 aliphatic carbocycles. The van der Waals surface area contributed by atoms with Crippen molar-refractivity contribution >= 4 is 5.91 Å². The normalized spacial score (nSPS) is 17.5. The molecule has 0 bridgehead atoms. The van der Waals surface area contributed by atoms with E-state index in [0.29, 0.717) is 25.3 Å². The van der Waals surface area contributed by atoms with Crippen molar-refractivity contribution in [1.82, 2.24) is 14.9 Å². The van der Waals surface area contributed by atoms with Crippen LogP contribution in [0.3, 0.4) is 0 Å². The number of nitrogens with zero attached hydrogens (tertiary/aromatic N) is 4. The first kappa shape index (κ1) is 13.1. The number of likely N-dealkylation sites (tertiary alicyclic amines) is 1. The Labute approximate surface area is 120 Å². The molecule has 0 saturated carbocycles. The minimum Gasteiger partial charge on any atom is -0.470 e. The third kappa shape index (κ3) is 2.69. The van der Waals surface area contributed by atoms with Gasteiger partial charge in [0.25, 0.3) is 11.8 Å². The minimum absolute atomic E-state index is 0.147. The zero-order chi connectivity index (χ0) is 14.7. The fraction of sp³-hybridized carbons (Fsp3) is 0.286. The van der Waals surface area contributed by atoms with Crippen LogP contribution in [0.5, 0.6) is 5.88 Å². The number of furan rings is 1.